The molecule has 1 amide bonds. The number of rotatable bonds is 4. The van der Waals surface area contributed by atoms with Gasteiger partial charge in [-0.25, -0.2) is 0 Å². The van der Waals surface area contributed by atoms with E-state index >= 15 is 0 Å². The lowest BCUT2D eigenvalue weighted by atomic mass is 9.74. The number of carbonyl (C=O) groups is 1. The van der Waals surface area contributed by atoms with E-state index in [1.165, 1.54) is 18.2 Å². The number of ether oxygens (including phenoxy) is 2. The van der Waals surface area contributed by atoms with Crippen LogP contribution in [0, 0.1) is 23.2 Å². The second-order valence-electron chi connectivity index (χ2n) is 12.2. The molecule has 4 heterocycles. The van der Waals surface area contributed by atoms with Crippen LogP contribution in [0.15, 0.2) is 0 Å². The molecule has 0 spiro atoms. The molecule has 4 aliphatic heterocycles. The van der Waals surface area contributed by atoms with Gasteiger partial charge < -0.3 is 35.4 Å². The zero-order chi connectivity index (χ0) is 25.3. The van der Waals surface area contributed by atoms with Crippen molar-refractivity contribution in [3.8, 4) is 0 Å². The van der Waals surface area contributed by atoms with Gasteiger partial charge in [0.2, 0.25) is 5.91 Å². The maximum atomic E-state index is 13.7. The van der Waals surface area contributed by atoms with Gasteiger partial charge >= 0.3 is 0 Å². The molecule has 4 rings (SSSR count). The molecule has 0 saturated carbocycles. The highest BCUT2D eigenvalue weighted by atomic mass is 32.2. The first-order valence-electron chi connectivity index (χ1n) is 13.5. The molecular formula is C26H46N2O6S. The van der Waals surface area contributed by atoms with Crippen LogP contribution in [0.2, 0.25) is 0 Å². The van der Waals surface area contributed by atoms with E-state index in [1.54, 1.807) is 0 Å². The third-order valence-electron chi connectivity index (χ3n) is 8.53. The van der Waals surface area contributed by atoms with E-state index in [1.807, 2.05) is 0 Å². The monoisotopic (exact) mass is 514 g/mol. The van der Waals surface area contributed by atoms with Crippen LogP contribution in [0.4, 0.5) is 0 Å². The van der Waals surface area contributed by atoms with E-state index in [-0.39, 0.29) is 17.4 Å². The van der Waals surface area contributed by atoms with Gasteiger partial charge in [-0.05, 0) is 61.0 Å². The summed E-state index contributed by atoms with van der Waals surface area (Å²) in [5, 5.41) is 38.6. The van der Waals surface area contributed by atoms with Crippen LogP contribution in [0.5, 0.6) is 0 Å². The lowest BCUT2D eigenvalue weighted by Gasteiger charge is -2.48. The fraction of sp³-hybridized carbons (Fsp3) is 0.962. The largest absolute Gasteiger partial charge is 0.388 e. The van der Waals surface area contributed by atoms with Gasteiger partial charge in [-0.3, -0.25) is 4.79 Å². The molecule has 0 radical (unpaired) electrons. The molecule has 202 valence electrons. The van der Waals surface area contributed by atoms with Crippen molar-refractivity contribution in [3.63, 3.8) is 0 Å². The Labute approximate surface area is 214 Å². The van der Waals surface area contributed by atoms with Gasteiger partial charge in [0.15, 0.2) is 0 Å². The summed E-state index contributed by atoms with van der Waals surface area (Å²) in [4.78, 5) is 13.7. The van der Waals surface area contributed by atoms with Gasteiger partial charge in [-0.15, -0.1) is 11.8 Å². The average molecular weight is 515 g/mol. The van der Waals surface area contributed by atoms with Crippen LogP contribution < -0.4 is 10.6 Å². The van der Waals surface area contributed by atoms with Crippen molar-refractivity contribution >= 4 is 17.7 Å². The predicted molar refractivity (Wildman–Crippen MR) is 136 cm³/mol. The highest BCUT2D eigenvalue weighted by Gasteiger charge is 2.52. The molecule has 5 N–H and O–H groups in total. The van der Waals surface area contributed by atoms with E-state index in [0.29, 0.717) is 24.4 Å². The smallest absolute Gasteiger partial charge is 0.240 e. The van der Waals surface area contributed by atoms with Gasteiger partial charge in [-0.1, -0.05) is 34.1 Å². The van der Waals surface area contributed by atoms with Crippen molar-refractivity contribution in [3.05, 3.63) is 0 Å². The Kier molecular flexibility index (Phi) is 9.10. The third kappa shape index (κ3) is 6.19. The number of aliphatic hydroxyl groups excluding tert-OH is 3. The summed E-state index contributed by atoms with van der Waals surface area (Å²) >= 11 is 1.47. The number of nitrogens with one attached hydrogen (secondary N) is 2. The molecule has 9 heteroatoms. The average Bonchev–Trinajstić information content (AvgIpc) is 3.08. The van der Waals surface area contributed by atoms with Crippen LogP contribution in [-0.4, -0.2) is 88.2 Å². The van der Waals surface area contributed by atoms with Crippen LogP contribution in [0.1, 0.15) is 66.2 Å². The first-order chi connectivity index (χ1) is 16.6. The fourth-order valence-corrected chi connectivity index (χ4v) is 7.73. The molecule has 0 aliphatic carbocycles. The van der Waals surface area contributed by atoms with Crippen LogP contribution in [0.3, 0.4) is 0 Å². The highest BCUT2D eigenvalue weighted by molar-refractivity contribution is 7.99. The maximum absolute atomic E-state index is 13.7. The zero-order valence-electron chi connectivity index (χ0n) is 21.7. The molecule has 4 aliphatic rings. The zero-order valence-corrected chi connectivity index (χ0v) is 22.5. The number of hydrogen-bond acceptors (Lipinski definition) is 8. The number of amides is 1. The molecule has 4 saturated heterocycles. The van der Waals surface area contributed by atoms with Gasteiger partial charge in [0.1, 0.15) is 35.9 Å². The van der Waals surface area contributed by atoms with Crippen LogP contribution in [-0.2, 0) is 14.3 Å². The SMILES string of the molecule is CC(C)CC1CCOC2C(CNC2C(=O)N[C@H]2[C@H]3O[C@H](SCCCCC2(C)C)[C@H](O)[C@@H](O)[C@H]3O)C1. The topological polar surface area (TPSA) is 120 Å². The van der Waals surface area contributed by atoms with Gasteiger partial charge in [0, 0.05) is 13.2 Å². The standard InChI is InChI=1S/C26H46N2O6S/c1-14(2)11-15-7-9-33-21-16(12-15)13-27-17(21)24(32)28-23-22-19(30)18(29)20(31)25(34-22)35-10-6-5-8-26(23,3)4/h14-23,25,27,29-31H,5-13H2,1-4H3,(H,28,32)/t15?,16?,17?,18-,19+,20+,21?,22-,23-,25+/m0/s1. The second kappa shape index (κ2) is 11.5. The van der Waals surface area contributed by atoms with Gasteiger partial charge in [-0.2, -0.15) is 0 Å². The summed E-state index contributed by atoms with van der Waals surface area (Å²) in [5.41, 5.74) is -1.01. The summed E-state index contributed by atoms with van der Waals surface area (Å²) in [5.74, 6) is 2.25. The quantitative estimate of drug-likeness (QED) is 0.384. The van der Waals surface area contributed by atoms with Crippen molar-refractivity contribution in [1.29, 1.82) is 0 Å². The number of carbonyl (C=O) groups excluding carboxylic acids is 1. The van der Waals surface area contributed by atoms with Crippen molar-refractivity contribution in [1.82, 2.24) is 10.6 Å². The normalized spacial score (nSPS) is 44.3. The van der Waals surface area contributed by atoms with E-state index in [9.17, 15) is 20.1 Å². The number of aliphatic hydroxyl groups is 3. The molecule has 0 aromatic rings. The predicted octanol–water partition coefficient (Wildman–Crippen LogP) is 1.65. The van der Waals surface area contributed by atoms with Gasteiger partial charge in [0.25, 0.3) is 0 Å². The molecular weight excluding hydrogens is 468 g/mol. The lowest BCUT2D eigenvalue weighted by Crippen LogP contribution is -2.67. The highest BCUT2D eigenvalue weighted by Crippen LogP contribution is 2.40. The van der Waals surface area contributed by atoms with Gasteiger partial charge in [0.05, 0.1) is 12.1 Å². The maximum Gasteiger partial charge on any atom is 0.240 e. The molecule has 8 nitrogen and oxygen atoms in total. The van der Waals surface area contributed by atoms with E-state index in [0.717, 1.165) is 44.4 Å². The Morgan fingerprint density at radius 2 is 1.91 bits per heavy atom. The van der Waals surface area contributed by atoms with E-state index in [2.05, 4.69) is 38.3 Å². The summed E-state index contributed by atoms with van der Waals surface area (Å²) in [6.07, 6.45) is 1.33. The Bertz CT molecular complexity index is 724. The van der Waals surface area contributed by atoms with Crippen molar-refractivity contribution in [2.24, 2.45) is 23.2 Å². The number of fused-ring (bicyclic) bond motifs is 3. The van der Waals surface area contributed by atoms with Crippen LogP contribution >= 0.6 is 11.8 Å². The second-order valence-corrected chi connectivity index (χ2v) is 13.5. The minimum Gasteiger partial charge on any atom is -0.388 e. The molecule has 10 atom stereocenters. The summed E-state index contributed by atoms with van der Waals surface area (Å²) in [7, 11) is 0. The summed E-state index contributed by atoms with van der Waals surface area (Å²) in [6, 6.07) is -0.973. The molecule has 2 bridgehead atoms. The molecule has 0 aromatic heterocycles. The first kappa shape index (κ1) is 27.6. The Balaban J connectivity index is 1.51. The summed E-state index contributed by atoms with van der Waals surface area (Å²) in [6.45, 7) is 10.1. The Morgan fingerprint density at radius 3 is 2.66 bits per heavy atom. The Morgan fingerprint density at radius 1 is 1.14 bits per heavy atom. The van der Waals surface area contributed by atoms with E-state index < -0.39 is 41.9 Å². The lowest BCUT2D eigenvalue weighted by molar-refractivity contribution is -0.213. The van der Waals surface area contributed by atoms with Crippen LogP contribution in [0.25, 0.3) is 0 Å². The molecule has 0 aromatic carbocycles. The van der Waals surface area contributed by atoms with E-state index in [4.69, 9.17) is 9.47 Å². The third-order valence-corrected chi connectivity index (χ3v) is 9.77. The molecule has 4 unspecified atom stereocenters. The van der Waals surface area contributed by atoms with Crippen molar-refractivity contribution in [2.75, 3.05) is 18.9 Å². The number of hydrogen-bond donors (Lipinski definition) is 5. The Hall–Kier alpha value is -0.420. The molecule has 4 fully saturated rings. The minimum absolute atomic E-state index is 0.143. The molecule has 35 heavy (non-hydrogen) atoms. The van der Waals surface area contributed by atoms with Crippen molar-refractivity contribution < 1.29 is 29.6 Å². The fourth-order valence-electron chi connectivity index (χ4n) is 6.56. The van der Waals surface area contributed by atoms with Crippen molar-refractivity contribution in [2.45, 2.75) is 114 Å². The number of thioether (sulfide) groups is 1. The first-order valence-corrected chi connectivity index (χ1v) is 14.6. The minimum atomic E-state index is -1.32. The summed E-state index contributed by atoms with van der Waals surface area (Å²) < 4.78 is 12.4.